The highest BCUT2D eigenvalue weighted by Gasteiger charge is 2.22. The molecule has 0 saturated carbocycles. The van der Waals surface area contributed by atoms with Gasteiger partial charge in [-0.2, -0.15) is 0 Å². The Bertz CT molecular complexity index is 1040. The lowest BCUT2D eigenvalue weighted by Crippen LogP contribution is -2.30. The van der Waals surface area contributed by atoms with E-state index in [1.807, 2.05) is 37.3 Å². The molecule has 0 aliphatic carbocycles. The van der Waals surface area contributed by atoms with E-state index in [0.717, 1.165) is 30.6 Å². The Balaban J connectivity index is 1.50. The smallest absolute Gasteiger partial charge is 0.237 e. The van der Waals surface area contributed by atoms with Crippen LogP contribution in [0.25, 0.3) is 0 Å². The number of aromatic nitrogens is 3. The molecule has 0 spiro atoms. The molecule has 1 amide bonds. The molecular weight excluding hydrogens is 442 g/mol. The minimum absolute atomic E-state index is 0.0934. The minimum Gasteiger partial charge on any atom is -0.325 e. The normalized spacial score (nSPS) is 15.4. The molecule has 1 aliphatic heterocycles. The maximum Gasteiger partial charge on any atom is 0.237 e. The van der Waals surface area contributed by atoms with Gasteiger partial charge in [-0.1, -0.05) is 66.2 Å². The number of rotatable bonds is 8. The van der Waals surface area contributed by atoms with Gasteiger partial charge in [0.15, 0.2) is 5.16 Å². The third-order valence-corrected chi connectivity index (χ3v) is 6.85. The van der Waals surface area contributed by atoms with E-state index in [-0.39, 0.29) is 11.2 Å². The molecule has 8 heteroatoms. The molecule has 4 rings (SSSR count). The van der Waals surface area contributed by atoms with Crippen LogP contribution in [-0.4, -0.2) is 43.9 Å². The van der Waals surface area contributed by atoms with E-state index in [1.54, 1.807) is 12.1 Å². The van der Waals surface area contributed by atoms with Gasteiger partial charge in [0, 0.05) is 10.7 Å². The fourth-order valence-corrected chi connectivity index (χ4v) is 4.84. The number of benzene rings is 2. The van der Waals surface area contributed by atoms with Gasteiger partial charge < -0.3 is 9.88 Å². The second-order valence-electron chi connectivity index (χ2n) is 8.07. The highest BCUT2D eigenvalue weighted by molar-refractivity contribution is 8.00. The summed E-state index contributed by atoms with van der Waals surface area (Å²) in [6.07, 6.45) is 3.76. The summed E-state index contributed by atoms with van der Waals surface area (Å²) in [4.78, 5) is 15.2. The number of anilines is 1. The standard InChI is InChI=1S/C24H28ClN5OS/c1-18(23(31)26-21-12-8-11-20(25)15-21)32-24-28-27-22(17-29-13-6-3-7-14-29)30(24)16-19-9-4-2-5-10-19/h2,4-5,8-12,15,18H,3,6-7,13-14,16-17H2,1H3,(H,26,31). The molecule has 1 fully saturated rings. The molecule has 3 aromatic rings. The van der Waals surface area contributed by atoms with Gasteiger partial charge >= 0.3 is 0 Å². The zero-order valence-electron chi connectivity index (χ0n) is 18.2. The van der Waals surface area contributed by atoms with Crippen molar-refractivity contribution >= 4 is 35.0 Å². The van der Waals surface area contributed by atoms with Crippen LogP contribution in [0.3, 0.4) is 0 Å². The van der Waals surface area contributed by atoms with Crippen LogP contribution in [-0.2, 0) is 17.9 Å². The van der Waals surface area contributed by atoms with Crippen molar-refractivity contribution in [3.63, 3.8) is 0 Å². The molecule has 32 heavy (non-hydrogen) atoms. The summed E-state index contributed by atoms with van der Waals surface area (Å²) in [5, 5.41) is 12.9. The fourth-order valence-electron chi connectivity index (χ4n) is 3.79. The summed E-state index contributed by atoms with van der Waals surface area (Å²) >= 11 is 7.47. The number of halogens is 1. The van der Waals surface area contributed by atoms with Crippen molar-refractivity contribution in [2.24, 2.45) is 0 Å². The SMILES string of the molecule is CC(Sc1nnc(CN2CCCCC2)n1Cc1ccccc1)C(=O)Nc1cccc(Cl)c1. The molecule has 168 valence electrons. The van der Waals surface area contributed by atoms with E-state index < -0.39 is 0 Å². The van der Waals surface area contributed by atoms with Crippen molar-refractivity contribution in [3.8, 4) is 0 Å². The summed E-state index contributed by atoms with van der Waals surface area (Å²) in [6.45, 7) is 5.54. The number of hydrogen-bond acceptors (Lipinski definition) is 5. The molecule has 0 radical (unpaired) electrons. The zero-order chi connectivity index (χ0) is 22.3. The van der Waals surface area contributed by atoms with Crippen LogP contribution >= 0.6 is 23.4 Å². The molecule has 1 aliphatic rings. The average Bonchev–Trinajstić information content (AvgIpc) is 3.16. The Morgan fingerprint density at radius 1 is 1.06 bits per heavy atom. The quantitative estimate of drug-likeness (QED) is 0.466. The van der Waals surface area contributed by atoms with E-state index in [0.29, 0.717) is 17.3 Å². The number of amides is 1. The molecule has 1 saturated heterocycles. The first kappa shape index (κ1) is 22.8. The fraction of sp³-hybridized carbons (Fsp3) is 0.375. The lowest BCUT2D eigenvalue weighted by atomic mass is 10.1. The Kier molecular flexibility index (Phi) is 7.84. The largest absolute Gasteiger partial charge is 0.325 e. The van der Waals surface area contributed by atoms with E-state index in [9.17, 15) is 4.79 Å². The number of piperidine rings is 1. The van der Waals surface area contributed by atoms with Gasteiger partial charge in [-0.05, 0) is 56.6 Å². The van der Waals surface area contributed by atoms with Gasteiger partial charge in [0.2, 0.25) is 5.91 Å². The van der Waals surface area contributed by atoms with Gasteiger partial charge in [-0.3, -0.25) is 9.69 Å². The van der Waals surface area contributed by atoms with Crippen molar-refractivity contribution in [2.45, 2.75) is 49.7 Å². The molecule has 2 aromatic carbocycles. The Labute approximate surface area is 198 Å². The van der Waals surface area contributed by atoms with Crippen molar-refractivity contribution in [3.05, 3.63) is 71.0 Å². The van der Waals surface area contributed by atoms with Crippen molar-refractivity contribution in [2.75, 3.05) is 18.4 Å². The van der Waals surface area contributed by atoms with E-state index in [1.165, 1.54) is 36.6 Å². The summed E-state index contributed by atoms with van der Waals surface area (Å²) in [7, 11) is 0. The second kappa shape index (κ2) is 11.0. The van der Waals surface area contributed by atoms with E-state index >= 15 is 0 Å². The first-order chi connectivity index (χ1) is 15.6. The van der Waals surface area contributed by atoms with Gasteiger partial charge in [-0.15, -0.1) is 10.2 Å². The number of nitrogens with zero attached hydrogens (tertiary/aromatic N) is 4. The molecular formula is C24H28ClN5OS. The van der Waals surface area contributed by atoms with E-state index in [4.69, 9.17) is 11.6 Å². The lowest BCUT2D eigenvalue weighted by Gasteiger charge is -2.26. The maximum absolute atomic E-state index is 12.8. The van der Waals surface area contributed by atoms with Crippen LogP contribution in [0.4, 0.5) is 5.69 Å². The number of carbonyl (C=O) groups is 1. The van der Waals surface area contributed by atoms with Crippen LogP contribution in [0.5, 0.6) is 0 Å². The van der Waals surface area contributed by atoms with Crippen LogP contribution in [0.2, 0.25) is 5.02 Å². The summed E-state index contributed by atoms with van der Waals surface area (Å²) in [6, 6.07) is 17.5. The molecule has 1 unspecified atom stereocenters. The number of carbonyl (C=O) groups excluding carboxylic acids is 1. The average molecular weight is 470 g/mol. The van der Waals surface area contributed by atoms with Gasteiger partial charge in [-0.25, -0.2) is 0 Å². The molecule has 1 atom stereocenters. The Hall–Kier alpha value is -2.35. The number of thioether (sulfide) groups is 1. The van der Waals surface area contributed by atoms with E-state index in [2.05, 4.69) is 37.1 Å². The molecule has 1 aromatic heterocycles. The second-order valence-corrected chi connectivity index (χ2v) is 9.81. The monoisotopic (exact) mass is 469 g/mol. The van der Waals surface area contributed by atoms with Crippen molar-refractivity contribution in [1.82, 2.24) is 19.7 Å². The van der Waals surface area contributed by atoms with Crippen molar-refractivity contribution in [1.29, 1.82) is 0 Å². The Morgan fingerprint density at radius 3 is 2.59 bits per heavy atom. The Morgan fingerprint density at radius 2 is 1.84 bits per heavy atom. The summed E-state index contributed by atoms with van der Waals surface area (Å²) < 4.78 is 2.15. The van der Waals surface area contributed by atoms with Crippen LogP contribution in [0.15, 0.2) is 59.8 Å². The first-order valence-corrected chi connectivity index (χ1v) is 12.3. The van der Waals surface area contributed by atoms with Gasteiger partial charge in [0.1, 0.15) is 5.82 Å². The highest BCUT2D eigenvalue weighted by Crippen LogP contribution is 2.26. The van der Waals surface area contributed by atoms with Crippen LogP contribution in [0, 0.1) is 0 Å². The zero-order valence-corrected chi connectivity index (χ0v) is 19.8. The number of likely N-dealkylation sites (tertiary alicyclic amines) is 1. The lowest BCUT2D eigenvalue weighted by molar-refractivity contribution is -0.115. The molecule has 0 bridgehead atoms. The predicted molar refractivity (Wildman–Crippen MR) is 130 cm³/mol. The third-order valence-electron chi connectivity index (χ3n) is 5.53. The number of nitrogens with one attached hydrogen (secondary N) is 1. The van der Waals surface area contributed by atoms with Crippen LogP contribution in [0.1, 0.15) is 37.6 Å². The molecule has 2 heterocycles. The van der Waals surface area contributed by atoms with Crippen molar-refractivity contribution < 1.29 is 4.79 Å². The summed E-state index contributed by atoms with van der Waals surface area (Å²) in [5.74, 6) is 0.852. The topological polar surface area (TPSA) is 63.1 Å². The molecule has 1 N–H and O–H groups in total. The van der Waals surface area contributed by atoms with Crippen LogP contribution < -0.4 is 5.32 Å². The maximum atomic E-state index is 12.8. The third kappa shape index (κ3) is 6.12. The summed E-state index contributed by atoms with van der Waals surface area (Å²) in [5.41, 5.74) is 1.87. The number of hydrogen-bond donors (Lipinski definition) is 1. The first-order valence-electron chi connectivity index (χ1n) is 11.0. The highest BCUT2D eigenvalue weighted by atomic mass is 35.5. The van der Waals surface area contributed by atoms with Gasteiger partial charge in [0.25, 0.3) is 0 Å². The predicted octanol–water partition coefficient (Wildman–Crippen LogP) is 5.09. The minimum atomic E-state index is -0.337. The van der Waals surface area contributed by atoms with Gasteiger partial charge in [0.05, 0.1) is 18.3 Å². The molecule has 6 nitrogen and oxygen atoms in total.